The Hall–Kier alpha value is -4.48. The summed E-state index contributed by atoms with van der Waals surface area (Å²) in [5.41, 5.74) is 5.50. The van der Waals surface area contributed by atoms with Gasteiger partial charge in [-0.15, -0.1) is 9.32 Å². The number of rotatable bonds is 9. The second kappa shape index (κ2) is 11.5. The van der Waals surface area contributed by atoms with Crippen LogP contribution in [0.25, 0.3) is 10.9 Å². The molecule has 184 valence electrons. The van der Waals surface area contributed by atoms with E-state index in [4.69, 9.17) is 10.2 Å². The number of carbonyl (C=O) groups is 1. The van der Waals surface area contributed by atoms with Gasteiger partial charge in [-0.2, -0.15) is 5.90 Å². The van der Waals surface area contributed by atoms with Crippen LogP contribution >= 0.6 is 12.0 Å². The lowest BCUT2D eigenvalue weighted by Gasteiger charge is -2.12. The van der Waals surface area contributed by atoms with Gasteiger partial charge in [0.25, 0.3) is 5.91 Å². The van der Waals surface area contributed by atoms with E-state index in [-0.39, 0.29) is 5.91 Å². The van der Waals surface area contributed by atoms with E-state index in [0.717, 1.165) is 50.6 Å². The predicted octanol–water partition coefficient (Wildman–Crippen LogP) is 6.20. The van der Waals surface area contributed by atoms with Crippen LogP contribution < -0.4 is 21.8 Å². The largest absolute Gasteiger partial charge is 0.355 e. The number of carbonyl (C=O) groups excluding carboxylic acids is 1. The molecule has 37 heavy (non-hydrogen) atoms. The molecule has 3 aromatic carbocycles. The maximum Gasteiger partial charge on any atom is 0.255 e. The highest BCUT2D eigenvalue weighted by atomic mass is 32.2. The van der Waals surface area contributed by atoms with Crippen molar-refractivity contribution in [1.29, 1.82) is 0 Å². The van der Waals surface area contributed by atoms with E-state index < -0.39 is 0 Å². The number of nitrogens with two attached hydrogens (primary N) is 1. The second-order valence-electron chi connectivity index (χ2n) is 7.88. The summed E-state index contributed by atoms with van der Waals surface area (Å²) in [6, 6.07) is 26.1. The van der Waals surface area contributed by atoms with Gasteiger partial charge >= 0.3 is 0 Å². The molecular weight excluding hydrogens is 488 g/mol. The Morgan fingerprint density at radius 2 is 1.57 bits per heavy atom. The molecule has 0 aliphatic heterocycles. The summed E-state index contributed by atoms with van der Waals surface area (Å²) < 4.78 is 4.75. The molecule has 5 rings (SSSR count). The fourth-order valence-corrected chi connectivity index (χ4v) is 4.09. The van der Waals surface area contributed by atoms with Crippen LogP contribution in [0, 0.1) is 0 Å². The molecule has 0 spiro atoms. The Morgan fingerprint density at radius 3 is 2.38 bits per heavy atom. The van der Waals surface area contributed by atoms with Crippen molar-refractivity contribution in [1.82, 2.24) is 9.97 Å². The van der Waals surface area contributed by atoms with Crippen LogP contribution in [-0.4, -0.2) is 15.9 Å². The van der Waals surface area contributed by atoms with Gasteiger partial charge in [-0.05, 0) is 78.9 Å². The lowest BCUT2D eigenvalue weighted by atomic mass is 10.1. The smallest absolute Gasteiger partial charge is 0.255 e. The first-order valence-corrected chi connectivity index (χ1v) is 12.0. The third-order valence-electron chi connectivity index (χ3n) is 5.40. The fourth-order valence-electron chi connectivity index (χ4n) is 3.69. The zero-order valence-electron chi connectivity index (χ0n) is 19.4. The lowest BCUT2D eigenvalue weighted by molar-refractivity contribution is -0.195. The number of nitrogens with zero attached hydrogens (tertiary/aromatic N) is 2. The van der Waals surface area contributed by atoms with Gasteiger partial charge in [0.1, 0.15) is 0 Å². The van der Waals surface area contributed by atoms with Gasteiger partial charge in [0.2, 0.25) is 0 Å². The Balaban J connectivity index is 1.27. The van der Waals surface area contributed by atoms with E-state index in [1.807, 2.05) is 72.8 Å². The highest BCUT2D eigenvalue weighted by molar-refractivity contribution is 7.94. The molecule has 0 radical (unpaired) electrons. The minimum atomic E-state index is -0.203. The van der Waals surface area contributed by atoms with Crippen molar-refractivity contribution >= 4 is 57.3 Å². The molecule has 2 heterocycles. The van der Waals surface area contributed by atoms with Crippen molar-refractivity contribution < 1.29 is 14.1 Å². The minimum absolute atomic E-state index is 0.203. The molecule has 0 aliphatic rings. The van der Waals surface area contributed by atoms with E-state index in [2.05, 4.69) is 30.9 Å². The van der Waals surface area contributed by atoms with Crippen molar-refractivity contribution in [2.24, 2.45) is 5.90 Å². The van der Waals surface area contributed by atoms with Crippen molar-refractivity contribution in [2.45, 2.75) is 4.90 Å². The molecule has 10 heteroatoms. The van der Waals surface area contributed by atoms with E-state index in [1.54, 1.807) is 30.7 Å². The predicted molar refractivity (Wildman–Crippen MR) is 146 cm³/mol. The van der Waals surface area contributed by atoms with Gasteiger partial charge in [0.15, 0.2) is 0 Å². The summed E-state index contributed by atoms with van der Waals surface area (Å²) in [5.74, 6) is 4.73. The van der Waals surface area contributed by atoms with Gasteiger partial charge in [-0.25, -0.2) is 0 Å². The van der Waals surface area contributed by atoms with Gasteiger partial charge in [-0.1, -0.05) is 6.07 Å². The van der Waals surface area contributed by atoms with Crippen molar-refractivity contribution in [2.75, 3.05) is 16.0 Å². The van der Waals surface area contributed by atoms with Crippen LogP contribution in [0.4, 0.5) is 28.4 Å². The molecule has 0 unspecified atom stereocenters. The monoisotopic (exact) mass is 510 g/mol. The number of fused-ring (bicyclic) bond motifs is 1. The molecule has 0 aliphatic carbocycles. The van der Waals surface area contributed by atoms with Crippen LogP contribution in [-0.2, 0) is 9.32 Å². The maximum atomic E-state index is 12.9. The summed E-state index contributed by atoms with van der Waals surface area (Å²) in [7, 11) is 0. The number of pyridine rings is 2. The lowest BCUT2D eigenvalue weighted by Crippen LogP contribution is -2.11. The van der Waals surface area contributed by atoms with Crippen LogP contribution in [0.3, 0.4) is 0 Å². The van der Waals surface area contributed by atoms with Gasteiger partial charge < -0.3 is 16.0 Å². The van der Waals surface area contributed by atoms with Crippen LogP contribution in [0.5, 0.6) is 0 Å². The topological polar surface area (TPSA) is 123 Å². The number of anilines is 5. The standard InChI is InChI=1S/C27H22N6O3S/c28-35-36-37-23-8-9-25-24(17-23)26(12-15-30-25)32-19-6-4-18(5-7-19)27(34)33-22-3-1-2-21(16-22)31-20-10-13-29-14-11-20/h1-17H,28H2,(H,29,31)(H,30,32)(H,33,34). The first-order valence-electron chi connectivity index (χ1n) is 11.2. The van der Waals surface area contributed by atoms with Crippen molar-refractivity contribution in [3.63, 3.8) is 0 Å². The third-order valence-corrected chi connectivity index (χ3v) is 5.99. The summed E-state index contributed by atoms with van der Waals surface area (Å²) in [5, 5.41) is 10.5. The number of hydrogen-bond donors (Lipinski definition) is 4. The summed E-state index contributed by atoms with van der Waals surface area (Å²) >= 11 is 1.00. The Labute approximate surface area is 217 Å². The van der Waals surface area contributed by atoms with E-state index in [9.17, 15) is 4.79 Å². The Kier molecular flexibility index (Phi) is 7.53. The number of aromatic nitrogens is 2. The average Bonchev–Trinajstić information content (AvgIpc) is 2.93. The summed E-state index contributed by atoms with van der Waals surface area (Å²) in [4.78, 5) is 26.3. The SMILES string of the molecule is NOOSc1ccc2nccc(Nc3ccc(C(=O)Nc4cccc(Nc5ccncc5)c4)cc3)c2c1. The molecule has 5 N–H and O–H groups in total. The van der Waals surface area contributed by atoms with Crippen LogP contribution in [0.1, 0.15) is 10.4 Å². The van der Waals surface area contributed by atoms with E-state index >= 15 is 0 Å². The summed E-state index contributed by atoms with van der Waals surface area (Å²) in [6.45, 7) is 0. The quantitative estimate of drug-likeness (QED) is 0.104. The Morgan fingerprint density at radius 1 is 0.784 bits per heavy atom. The zero-order valence-corrected chi connectivity index (χ0v) is 20.2. The molecular formula is C27H22N6O3S. The average molecular weight is 511 g/mol. The zero-order chi connectivity index (χ0) is 25.5. The normalized spacial score (nSPS) is 10.7. The molecule has 0 atom stereocenters. The number of hydrogen-bond acceptors (Lipinski definition) is 9. The van der Waals surface area contributed by atoms with Crippen molar-refractivity contribution in [3.8, 4) is 0 Å². The van der Waals surface area contributed by atoms with Crippen molar-refractivity contribution in [3.05, 3.63) is 109 Å². The molecule has 0 bridgehead atoms. The van der Waals surface area contributed by atoms with E-state index in [0.29, 0.717) is 11.3 Å². The molecule has 5 aromatic rings. The summed E-state index contributed by atoms with van der Waals surface area (Å²) in [6.07, 6.45) is 5.16. The highest BCUT2D eigenvalue weighted by Crippen LogP contribution is 2.30. The molecule has 0 saturated heterocycles. The van der Waals surface area contributed by atoms with Gasteiger partial charge in [-0.3, -0.25) is 14.8 Å². The number of amides is 1. The Bertz CT molecular complexity index is 1520. The molecule has 1 amide bonds. The minimum Gasteiger partial charge on any atom is -0.355 e. The second-order valence-corrected chi connectivity index (χ2v) is 8.66. The maximum absolute atomic E-state index is 12.9. The molecule has 2 aromatic heterocycles. The molecule has 0 fully saturated rings. The highest BCUT2D eigenvalue weighted by Gasteiger charge is 2.09. The van der Waals surface area contributed by atoms with Gasteiger partial charge in [0, 0.05) is 62.9 Å². The molecule has 0 saturated carbocycles. The first-order chi connectivity index (χ1) is 18.2. The first kappa shape index (κ1) is 24.2. The third kappa shape index (κ3) is 6.21. The van der Waals surface area contributed by atoms with Gasteiger partial charge in [0.05, 0.1) is 17.6 Å². The van der Waals surface area contributed by atoms with E-state index in [1.165, 1.54) is 0 Å². The number of nitrogens with one attached hydrogen (secondary N) is 3. The van der Waals surface area contributed by atoms with Crippen LogP contribution in [0.2, 0.25) is 0 Å². The fraction of sp³-hybridized carbons (Fsp3) is 0. The number of benzene rings is 3. The molecule has 9 nitrogen and oxygen atoms in total. The van der Waals surface area contributed by atoms with Crippen LogP contribution in [0.15, 0.2) is 108 Å².